The van der Waals surface area contributed by atoms with Gasteiger partial charge in [-0.15, -0.1) is 0 Å². The van der Waals surface area contributed by atoms with Gasteiger partial charge in [0.25, 0.3) is 10.0 Å². The maximum absolute atomic E-state index is 12.7. The van der Waals surface area contributed by atoms with Crippen molar-refractivity contribution in [3.8, 4) is 0 Å². The van der Waals surface area contributed by atoms with Gasteiger partial charge in [0.15, 0.2) is 0 Å². The van der Waals surface area contributed by atoms with Crippen LogP contribution in [0.5, 0.6) is 0 Å². The maximum atomic E-state index is 12.7. The number of hydrogen-bond acceptors (Lipinski definition) is 3. The number of benzene rings is 1. The van der Waals surface area contributed by atoms with E-state index in [4.69, 9.17) is 16.4 Å². The van der Waals surface area contributed by atoms with Gasteiger partial charge in [-0.05, 0) is 31.0 Å². The molecule has 2 rings (SSSR count). The molecule has 0 radical (unpaired) electrons. The smallest absolute Gasteiger partial charge is 0.284 e. The van der Waals surface area contributed by atoms with Gasteiger partial charge < -0.3 is 0 Å². The summed E-state index contributed by atoms with van der Waals surface area (Å²) in [6, 6.07) is 2.47. The first-order valence-corrected chi connectivity index (χ1v) is 7.57. The van der Waals surface area contributed by atoms with E-state index in [-0.39, 0.29) is 13.2 Å². The molecular weight excluding hydrogens is 319 g/mol. The van der Waals surface area contributed by atoms with Crippen LogP contribution in [-0.4, -0.2) is 26.0 Å². The van der Waals surface area contributed by atoms with Gasteiger partial charge in [-0.3, -0.25) is 4.84 Å². The Morgan fingerprint density at radius 3 is 2.50 bits per heavy atom. The fourth-order valence-corrected chi connectivity index (χ4v) is 3.31. The van der Waals surface area contributed by atoms with E-state index < -0.39 is 31.7 Å². The summed E-state index contributed by atoms with van der Waals surface area (Å²) in [6.45, 7) is 0.339. The van der Waals surface area contributed by atoms with Gasteiger partial charge in [-0.1, -0.05) is 16.1 Å². The third kappa shape index (κ3) is 3.08. The molecule has 1 aromatic carbocycles. The van der Waals surface area contributed by atoms with Crippen LogP contribution >= 0.6 is 11.6 Å². The van der Waals surface area contributed by atoms with Gasteiger partial charge in [0.2, 0.25) is 0 Å². The maximum Gasteiger partial charge on any atom is 0.417 e. The fraction of sp³-hybridized carbons (Fsp3) is 0.455. The average molecular weight is 330 g/mol. The summed E-state index contributed by atoms with van der Waals surface area (Å²) in [6.07, 6.45) is -3.41. The molecule has 0 spiro atoms. The van der Waals surface area contributed by atoms with E-state index in [9.17, 15) is 21.6 Å². The van der Waals surface area contributed by atoms with E-state index in [0.29, 0.717) is 18.9 Å². The van der Waals surface area contributed by atoms with Crippen LogP contribution in [0.4, 0.5) is 13.2 Å². The van der Waals surface area contributed by atoms with E-state index in [1.165, 1.54) is 0 Å². The molecule has 1 aliphatic heterocycles. The van der Waals surface area contributed by atoms with Gasteiger partial charge in [-0.2, -0.15) is 13.2 Å². The van der Waals surface area contributed by atoms with Crippen LogP contribution in [0.15, 0.2) is 23.1 Å². The molecule has 1 heterocycles. The first-order chi connectivity index (χ1) is 9.23. The van der Waals surface area contributed by atoms with Crippen LogP contribution in [0, 0.1) is 0 Å². The van der Waals surface area contributed by atoms with E-state index >= 15 is 0 Å². The van der Waals surface area contributed by atoms with Crippen LogP contribution in [-0.2, 0) is 21.0 Å². The normalized spacial score (nSPS) is 18.2. The molecule has 1 saturated heterocycles. The lowest BCUT2D eigenvalue weighted by atomic mass is 10.2. The zero-order chi connectivity index (χ0) is 15.0. The standard InChI is InChI=1S/C11H11ClF3NO3S/c12-10-4-3-8(7-9(10)11(13,14)15)20(17,18)16-5-1-2-6-19-16/h3-4,7H,1-2,5-6H2. The van der Waals surface area contributed by atoms with Crippen molar-refractivity contribution in [2.75, 3.05) is 13.2 Å². The summed E-state index contributed by atoms with van der Waals surface area (Å²) >= 11 is 5.46. The second-order valence-corrected chi connectivity index (χ2v) is 6.45. The van der Waals surface area contributed by atoms with Crippen LogP contribution in [0.1, 0.15) is 18.4 Å². The quantitative estimate of drug-likeness (QED) is 0.837. The van der Waals surface area contributed by atoms with Gasteiger partial charge in [-0.25, -0.2) is 8.42 Å². The summed E-state index contributed by atoms with van der Waals surface area (Å²) in [5, 5.41) is -0.545. The minimum absolute atomic E-state index is 0.117. The number of alkyl halides is 3. The van der Waals surface area contributed by atoms with Crippen molar-refractivity contribution in [3.05, 3.63) is 28.8 Å². The molecule has 0 N–H and O–H groups in total. The van der Waals surface area contributed by atoms with Gasteiger partial charge in [0.1, 0.15) is 0 Å². The number of rotatable bonds is 2. The second-order valence-electron chi connectivity index (χ2n) is 4.21. The van der Waals surface area contributed by atoms with Crippen molar-refractivity contribution in [1.29, 1.82) is 0 Å². The molecule has 0 aliphatic carbocycles. The summed E-state index contributed by atoms with van der Waals surface area (Å²) in [5.74, 6) is 0. The number of nitrogens with zero attached hydrogens (tertiary/aromatic N) is 1. The molecule has 4 nitrogen and oxygen atoms in total. The van der Waals surface area contributed by atoms with Gasteiger partial charge >= 0.3 is 6.18 Å². The minimum atomic E-state index is -4.72. The van der Waals surface area contributed by atoms with Crippen LogP contribution in [0.25, 0.3) is 0 Å². The van der Waals surface area contributed by atoms with Crippen LogP contribution in [0.3, 0.4) is 0 Å². The third-order valence-electron chi connectivity index (χ3n) is 2.78. The Labute approximate surface area is 119 Å². The Balaban J connectivity index is 2.42. The number of sulfonamides is 1. The molecule has 0 saturated carbocycles. The highest BCUT2D eigenvalue weighted by Crippen LogP contribution is 2.36. The number of halogens is 4. The SMILES string of the molecule is O=S(=O)(c1ccc(Cl)c(C(F)(F)F)c1)N1CCCCO1. The highest BCUT2D eigenvalue weighted by atomic mass is 35.5. The lowest BCUT2D eigenvalue weighted by molar-refractivity contribution is -0.137. The number of hydrogen-bond donors (Lipinski definition) is 0. The number of hydroxylamine groups is 1. The predicted molar refractivity (Wildman–Crippen MR) is 65.5 cm³/mol. The Morgan fingerprint density at radius 2 is 1.95 bits per heavy atom. The van der Waals surface area contributed by atoms with Crippen molar-refractivity contribution in [1.82, 2.24) is 4.47 Å². The lowest BCUT2D eigenvalue weighted by Gasteiger charge is -2.25. The first kappa shape index (κ1) is 15.6. The average Bonchev–Trinajstić information content (AvgIpc) is 2.38. The highest BCUT2D eigenvalue weighted by molar-refractivity contribution is 7.89. The molecule has 20 heavy (non-hydrogen) atoms. The summed E-state index contributed by atoms with van der Waals surface area (Å²) in [5.41, 5.74) is -1.18. The highest BCUT2D eigenvalue weighted by Gasteiger charge is 2.36. The first-order valence-electron chi connectivity index (χ1n) is 5.75. The molecule has 1 aliphatic rings. The predicted octanol–water partition coefficient (Wildman–Crippen LogP) is 3.07. The minimum Gasteiger partial charge on any atom is -0.284 e. The molecular formula is C11H11ClF3NO3S. The monoisotopic (exact) mass is 329 g/mol. The van der Waals surface area contributed by atoms with E-state index in [1.54, 1.807) is 0 Å². The van der Waals surface area contributed by atoms with E-state index in [1.807, 2.05) is 0 Å². The Bertz CT molecular complexity index is 597. The molecule has 112 valence electrons. The van der Waals surface area contributed by atoms with Gasteiger partial charge in [0, 0.05) is 6.54 Å². The molecule has 1 fully saturated rings. The topological polar surface area (TPSA) is 46.6 Å². The summed E-state index contributed by atoms with van der Waals surface area (Å²) in [4.78, 5) is 4.49. The third-order valence-corrected chi connectivity index (χ3v) is 4.78. The Kier molecular flexibility index (Phi) is 4.29. The Morgan fingerprint density at radius 1 is 1.25 bits per heavy atom. The summed E-state index contributed by atoms with van der Waals surface area (Å²) < 4.78 is 63.3. The van der Waals surface area contributed by atoms with E-state index in [2.05, 4.69) is 0 Å². The van der Waals surface area contributed by atoms with Crippen molar-refractivity contribution >= 4 is 21.6 Å². The fourth-order valence-electron chi connectivity index (χ4n) is 1.76. The molecule has 0 bridgehead atoms. The van der Waals surface area contributed by atoms with E-state index in [0.717, 1.165) is 16.6 Å². The van der Waals surface area contributed by atoms with Crippen molar-refractivity contribution < 1.29 is 26.4 Å². The Hall–Kier alpha value is -0.830. The second kappa shape index (κ2) is 5.51. The molecule has 0 amide bonds. The zero-order valence-electron chi connectivity index (χ0n) is 10.2. The van der Waals surface area contributed by atoms with Crippen molar-refractivity contribution in [2.24, 2.45) is 0 Å². The molecule has 0 unspecified atom stereocenters. The lowest BCUT2D eigenvalue weighted by Crippen LogP contribution is -2.35. The molecule has 0 atom stereocenters. The largest absolute Gasteiger partial charge is 0.417 e. The molecule has 1 aromatic rings. The van der Waals surface area contributed by atoms with Crippen LogP contribution < -0.4 is 0 Å². The van der Waals surface area contributed by atoms with Crippen molar-refractivity contribution in [2.45, 2.75) is 23.9 Å². The van der Waals surface area contributed by atoms with Gasteiger partial charge in [0.05, 0.1) is 22.1 Å². The van der Waals surface area contributed by atoms with Crippen molar-refractivity contribution in [3.63, 3.8) is 0 Å². The zero-order valence-corrected chi connectivity index (χ0v) is 11.7. The molecule has 0 aromatic heterocycles. The van der Waals surface area contributed by atoms with Crippen LogP contribution in [0.2, 0.25) is 5.02 Å². The molecule has 9 heteroatoms. The summed E-state index contributed by atoms with van der Waals surface area (Å²) in [7, 11) is -4.11.